The molecule has 1 heterocycles. The lowest BCUT2D eigenvalue weighted by atomic mass is 10.1. The Balaban J connectivity index is 2.17. The molecular weight excluding hydrogens is 339 g/mol. The molecule has 2 rings (SSSR count). The average Bonchev–Trinajstić information content (AvgIpc) is 3.14. The fourth-order valence-electron chi connectivity index (χ4n) is 2.92. The van der Waals surface area contributed by atoms with E-state index in [9.17, 15) is 22.8 Å². The standard InChI is InChI=1S/C16H20F3N3O3/c1-3-11(15(24)20-9-5-8-13(23)25-2)22-12-7-4-6-10(12)14(21-22)16(17,18)19/h5,8,11H,3-4,6-7,9H2,1-2H3,(H,20,24)/b8-5+. The van der Waals surface area contributed by atoms with Gasteiger partial charge in [0.05, 0.1) is 7.11 Å². The number of methoxy groups -OCH3 is 1. The third kappa shape index (κ3) is 4.21. The highest BCUT2D eigenvalue weighted by molar-refractivity contribution is 5.82. The molecule has 25 heavy (non-hydrogen) atoms. The van der Waals surface area contributed by atoms with Crippen LogP contribution in [0.25, 0.3) is 0 Å². The number of fused-ring (bicyclic) bond motifs is 1. The number of ether oxygens (including phenoxy) is 1. The largest absolute Gasteiger partial charge is 0.466 e. The van der Waals surface area contributed by atoms with Crippen molar-refractivity contribution in [3.63, 3.8) is 0 Å². The second kappa shape index (κ2) is 7.71. The van der Waals surface area contributed by atoms with Gasteiger partial charge in [-0.25, -0.2) is 4.79 Å². The van der Waals surface area contributed by atoms with Crippen LogP contribution in [0, 0.1) is 0 Å². The van der Waals surface area contributed by atoms with Gasteiger partial charge < -0.3 is 10.1 Å². The van der Waals surface area contributed by atoms with Gasteiger partial charge in [0.2, 0.25) is 5.91 Å². The molecule has 1 aliphatic carbocycles. The summed E-state index contributed by atoms with van der Waals surface area (Å²) < 4.78 is 45.1. The van der Waals surface area contributed by atoms with Crippen molar-refractivity contribution in [1.82, 2.24) is 15.1 Å². The Bertz CT molecular complexity index is 680. The first-order valence-electron chi connectivity index (χ1n) is 7.99. The smallest absolute Gasteiger partial charge is 0.435 e. The number of rotatable bonds is 6. The van der Waals surface area contributed by atoms with Crippen LogP contribution in [-0.2, 0) is 33.3 Å². The summed E-state index contributed by atoms with van der Waals surface area (Å²) in [5.41, 5.74) is -0.208. The monoisotopic (exact) mass is 359 g/mol. The summed E-state index contributed by atoms with van der Waals surface area (Å²) >= 11 is 0. The third-order valence-electron chi connectivity index (χ3n) is 4.06. The Morgan fingerprint density at radius 3 is 2.72 bits per heavy atom. The van der Waals surface area contributed by atoms with Crippen LogP contribution in [0.15, 0.2) is 12.2 Å². The molecule has 0 saturated heterocycles. The lowest BCUT2D eigenvalue weighted by Crippen LogP contribution is -2.33. The number of esters is 1. The molecule has 0 spiro atoms. The van der Waals surface area contributed by atoms with E-state index in [-0.39, 0.29) is 12.1 Å². The van der Waals surface area contributed by atoms with Crippen molar-refractivity contribution < 1.29 is 27.5 Å². The number of nitrogens with one attached hydrogen (secondary N) is 1. The molecule has 9 heteroatoms. The topological polar surface area (TPSA) is 73.2 Å². The molecule has 1 aromatic heterocycles. The van der Waals surface area contributed by atoms with Crippen molar-refractivity contribution >= 4 is 11.9 Å². The molecule has 1 N–H and O–H groups in total. The van der Waals surface area contributed by atoms with Gasteiger partial charge in [-0.2, -0.15) is 18.3 Å². The second-order valence-corrected chi connectivity index (χ2v) is 5.66. The van der Waals surface area contributed by atoms with Crippen molar-refractivity contribution in [2.24, 2.45) is 0 Å². The highest BCUT2D eigenvalue weighted by atomic mass is 19.4. The van der Waals surface area contributed by atoms with E-state index >= 15 is 0 Å². The van der Waals surface area contributed by atoms with E-state index < -0.39 is 29.8 Å². The van der Waals surface area contributed by atoms with Gasteiger partial charge in [0.15, 0.2) is 5.69 Å². The van der Waals surface area contributed by atoms with Crippen LogP contribution in [0.1, 0.15) is 42.8 Å². The number of alkyl halides is 3. The molecule has 0 fully saturated rings. The van der Waals surface area contributed by atoms with E-state index in [1.54, 1.807) is 6.92 Å². The van der Waals surface area contributed by atoms with E-state index in [0.717, 1.165) is 6.08 Å². The predicted molar refractivity (Wildman–Crippen MR) is 82.7 cm³/mol. The van der Waals surface area contributed by atoms with Crippen molar-refractivity contribution in [3.8, 4) is 0 Å². The summed E-state index contributed by atoms with van der Waals surface area (Å²) in [5.74, 6) is -0.996. The first kappa shape index (κ1) is 19.0. The zero-order chi connectivity index (χ0) is 18.6. The molecule has 1 aliphatic rings. The second-order valence-electron chi connectivity index (χ2n) is 5.66. The molecule has 1 atom stereocenters. The minimum Gasteiger partial charge on any atom is -0.466 e. The molecular formula is C16H20F3N3O3. The number of amides is 1. The highest BCUT2D eigenvalue weighted by Gasteiger charge is 2.41. The third-order valence-corrected chi connectivity index (χ3v) is 4.06. The number of hydrogen-bond acceptors (Lipinski definition) is 4. The minimum atomic E-state index is -4.53. The highest BCUT2D eigenvalue weighted by Crippen LogP contribution is 2.37. The Morgan fingerprint density at radius 2 is 2.12 bits per heavy atom. The van der Waals surface area contributed by atoms with E-state index in [0.29, 0.717) is 31.4 Å². The van der Waals surface area contributed by atoms with Gasteiger partial charge in [-0.3, -0.25) is 9.48 Å². The van der Waals surface area contributed by atoms with Gasteiger partial charge >= 0.3 is 12.1 Å². The lowest BCUT2D eigenvalue weighted by molar-refractivity contribution is -0.142. The molecule has 0 bridgehead atoms. The van der Waals surface area contributed by atoms with E-state index in [1.807, 2.05) is 0 Å². The van der Waals surface area contributed by atoms with Crippen LogP contribution in [0.3, 0.4) is 0 Å². The van der Waals surface area contributed by atoms with Crippen LogP contribution in [0.4, 0.5) is 13.2 Å². The van der Waals surface area contributed by atoms with Crippen molar-refractivity contribution in [1.29, 1.82) is 0 Å². The Hall–Kier alpha value is -2.32. The number of hydrogen-bond donors (Lipinski definition) is 1. The van der Waals surface area contributed by atoms with Gasteiger partial charge in [0, 0.05) is 23.9 Å². The van der Waals surface area contributed by atoms with Crippen molar-refractivity contribution in [3.05, 3.63) is 29.1 Å². The van der Waals surface area contributed by atoms with Gasteiger partial charge in [-0.1, -0.05) is 13.0 Å². The van der Waals surface area contributed by atoms with Gasteiger partial charge in [-0.15, -0.1) is 0 Å². The number of carbonyl (C=O) groups is 2. The Morgan fingerprint density at radius 1 is 1.40 bits per heavy atom. The fraction of sp³-hybridized carbons (Fsp3) is 0.562. The zero-order valence-electron chi connectivity index (χ0n) is 14.0. The Kier molecular flexibility index (Phi) is 5.86. The molecule has 1 unspecified atom stereocenters. The Labute approximate surface area is 143 Å². The number of nitrogens with zero attached hydrogens (tertiary/aromatic N) is 2. The van der Waals surface area contributed by atoms with Crippen LogP contribution >= 0.6 is 0 Å². The van der Waals surface area contributed by atoms with E-state index in [1.165, 1.54) is 17.9 Å². The lowest BCUT2D eigenvalue weighted by Gasteiger charge is -2.17. The summed E-state index contributed by atoms with van der Waals surface area (Å²) in [6.07, 6.45) is -0.236. The van der Waals surface area contributed by atoms with Crippen molar-refractivity contribution in [2.75, 3.05) is 13.7 Å². The van der Waals surface area contributed by atoms with Crippen molar-refractivity contribution in [2.45, 2.75) is 44.8 Å². The SMILES string of the molecule is CCC(C(=O)NC/C=C/C(=O)OC)n1nc(C(F)(F)F)c2c1CCC2. The van der Waals surface area contributed by atoms with Gasteiger partial charge in [0.25, 0.3) is 0 Å². The molecule has 0 saturated carbocycles. The first-order valence-corrected chi connectivity index (χ1v) is 7.99. The number of aromatic nitrogens is 2. The molecule has 0 radical (unpaired) electrons. The summed E-state index contributed by atoms with van der Waals surface area (Å²) in [6, 6.07) is -0.825. The minimum absolute atomic E-state index is 0.0695. The normalized spacial score (nSPS) is 15.2. The molecule has 0 aliphatic heterocycles. The molecule has 1 aromatic rings. The van der Waals surface area contributed by atoms with Gasteiger partial charge in [0.1, 0.15) is 6.04 Å². The summed E-state index contributed by atoms with van der Waals surface area (Å²) in [5, 5.41) is 6.28. The summed E-state index contributed by atoms with van der Waals surface area (Å²) in [6.45, 7) is 1.78. The number of halogens is 3. The number of carbonyl (C=O) groups excluding carboxylic acids is 2. The summed E-state index contributed by atoms with van der Waals surface area (Å²) in [7, 11) is 1.23. The summed E-state index contributed by atoms with van der Waals surface area (Å²) in [4.78, 5) is 23.3. The predicted octanol–water partition coefficient (Wildman–Crippen LogP) is 2.19. The molecule has 0 aromatic carbocycles. The fourth-order valence-corrected chi connectivity index (χ4v) is 2.92. The first-order chi connectivity index (χ1) is 11.8. The maximum Gasteiger partial charge on any atom is 0.435 e. The van der Waals surface area contributed by atoms with Gasteiger partial charge in [-0.05, 0) is 25.7 Å². The molecule has 6 nitrogen and oxygen atoms in total. The maximum atomic E-state index is 13.2. The quantitative estimate of drug-likeness (QED) is 0.624. The van der Waals surface area contributed by atoms with Crippen LogP contribution < -0.4 is 5.32 Å². The van der Waals surface area contributed by atoms with Crippen LogP contribution in [-0.4, -0.2) is 35.3 Å². The molecule has 138 valence electrons. The molecule has 1 amide bonds. The van der Waals surface area contributed by atoms with Crippen LogP contribution in [0.5, 0.6) is 0 Å². The van der Waals surface area contributed by atoms with Crippen LogP contribution in [0.2, 0.25) is 0 Å². The average molecular weight is 359 g/mol. The zero-order valence-corrected chi connectivity index (χ0v) is 14.0. The maximum absolute atomic E-state index is 13.2. The van der Waals surface area contributed by atoms with E-state index in [2.05, 4.69) is 15.2 Å². The van der Waals surface area contributed by atoms with E-state index in [4.69, 9.17) is 0 Å².